The third-order valence-corrected chi connectivity index (χ3v) is 2.08. The van der Waals surface area contributed by atoms with Gasteiger partial charge in [0.25, 0.3) is 0 Å². The molecular weight excluding hydrogens is 200 g/mol. The second-order valence-corrected chi connectivity index (χ2v) is 3.18. The van der Waals surface area contributed by atoms with E-state index < -0.39 is 6.10 Å². The minimum atomic E-state index is -0.448. The lowest BCUT2D eigenvalue weighted by Crippen LogP contribution is -2.48. The van der Waals surface area contributed by atoms with Gasteiger partial charge in [-0.25, -0.2) is 0 Å². The predicted octanol–water partition coefficient (Wildman–Crippen LogP) is -1.35. The standard InChI is InChI=1S/C9H16N2O4/c1-14-8(12)2-3-11-9(13)7-6-10-4-5-15-7/h7,10H,2-6H2,1H3,(H,11,13)/t7-/m0/s1. The van der Waals surface area contributed by atoms with Crippen LogP contribution < -0.4 is 10.6 Å². The Morgan fingerprint density at radius 3 is 3.00 bits per heavy atom. The van der Waals surface area contributed by atoms with Gasteiger partial charge in [0, 0.05) is 19.6 Å². The fraction of sp³-hybridized carbons (Fsp3) is 0.778. The van der Waals surface area contributed by atoms with E-state index in [4.69, 9.17) is 4.74 Å². The van der Waals surface area contributed by atoms with Gasteiger partial charge < -0.3 is 20.1 Å². The molecule has 2 N–H and O–H groups in total. The van der Waals surface area contributed by atoms with Gasteiger partial charge in [0.2, 0.25) is 5.91 Å². The molecule has 0 aliphatic carbocycles. The molecule has 86 valence electrons. The number of carbonyl (C=O) groups excluding carboxylic acids is 2. The van der Waals surface area contributed by atoms with Crippen LogP contribution in [0.2, 0.25) is 0 Å². The molecule has 1 saturated heterocycles. The molecule has 1 atom stereocenters. The summed E-state index contributed by atoms with van der Waals surface area (Å²) in [6, 6.07) is 0. The third kappa shape index (κ3) is 4.26. The molecule has 6 heteroatoms. The lowest BCUT2D eigenvalue weighted by Gasteiger charge is -2.22. The number of ether oxygens (including phenoxy) is 2. The molecule has 0 aromatic carbocycles. The van der Waals surface area contributed by atoms with Crippen molar-refractivity contribution in [1.29, 1.82) is 0 Å². The Hall–Kier alpha value is -1.14. The molecule has 0 saturated carbocycles. The average molecular weight is 216 g/mol. The molecular formula is C9H16N2O4. The number of morpholine rings is 1. The lowest BCUT2D eigenvalue weighted by atomic mass is 10.3. The first kappa shape index (κ1) is 11.9. The Morgan fingerprint density at radius 1 is 1.60 bits per heavy atom. The highest BCUT2D eigenvalue weighted by Crippen LogP contribution is 1.95. The van der Waals surface area contributed by atoms with Gasteiger partial charge in [0.1, 0.15) is 6.10 Å². The average Bonchev–Trinajstić information content (AvgIpc) is 2.29. The number of methoxy groups -OCH3 is 1. The van der Waals surface area contributed by atoms with E-state index in [0.29, 0.717) is 13.2 Å². The van der Waals surface area contributed by atoms with Crippen molar-refractivity contribution in [3.8, 4) is 0 Å². The zero-order chi connectivity index (χ0) is 11.1. The van der Waals surface area contributed by atoms with Gasteiger partial charge in [0.05, 0.1) is 20.1 Å². The molecule has 0 aromatic rings. The Morgan fingerprint density at radius 2 is 2.40 bits per heavy atom. The molecule has 1 aliphatic rings. The summed E-state index contributed by atoms with van der Waals surface area (Å²) in [6.07, 6.45) is -0.265. The quantitative estimate of drug-likeness (QED) is 0.568. The third-order valence-electron chi connectivity index (χ3n) is 2.08. The topological polar surface area (TPSA) is 76.7 Å². The van der Waals surface area contributed by atoms with Crippen LogP contribution in [0.5, 0.6) is 0 Å². The summed E-state index contributed by atoms with van der Waals surface area (Å²) in [5.41, 5.74) is 0. The van der Waals surface area contributed by atoms with Gasteiger partial charge in [-0.15, -0.1) is 0 Å². The van der Waals surface area contributed by atoms with E-state index in [0.717, 1.165) is 6.54 Å². The van der Waals surface area contributed by atoms with Crippen molar-refractivity contribution in [3.05, 3.63) is 0 Å². The van der Waals surface area contributed by atoms with Crippen LogP contribution in [-0.4, -0.2) is 51.3 Å². The minimum absolute atomic E-state index is 0.183. The Bertz CT molecular complexity index is 226. The van der Waals surface area contributed by atoms with E-state index in [1.807, 2.05) is 0 Å². The SMILES string of the molecule is COC(=O)CCNC(=O)[C@@H]1CNCCO1. The van der Waals surface area contributed by atoms with Crippen LogP contribution in [0.25, 0.3) is 0 Å². The molecule has 1 rings (SSSR count). The van der Waals surface area contributed by atoms with Crippen LogP contribution in [0, 0.1) is 0 Å². The first-order valence-electron chi connectivity index (χ1n) is 4.91. The molecule has 1 amide bonds. The van der Waals surface area contributed by atoms with Gasteiger partial charge in [-0.3, -0.25) is 9.59 Å². The second kappa shape index (κ2) is 6.36. The smallest absolute Gasteiger partial charge is 0.307 e. The normalized spacial score (nSPS) is 20.7. The Kier molecular flexibility index (Phi) is 5.06. The molecule has 0 bridgehead atoms. The molecule has 15 heavy (non-hydrogen) atoms. The van der Waals surface area contributed by atoms with Crippen LogP contribution in [0.3, 0.4) is 0 Å². The van der Waals surface area contributed by atoms with Crippen LogP contribution >= 0.6 is 0 Å². The maximum atomic E-state index is 11.4. The first-order valence-corrected chi connectivity index (χ1v) is 4.91. The number of esters is 1. The molecule has 1 fully saturated rings. The van der Waals surface area contributed by atoms with Gasteiger partial charge >= 0.3 is 5.97 Å². The number of rotatable bonds is 4. The molecule has 0 radical (unpaired) electrons. The maximum absolute atomic E-state index is 11.4. The Labute approximate surface area is 88.3 Å². The molecule has 0 unspecified atom stereocenters. The molecule has 1 aliphatic heterocycles. The van der Waals surface area contributed by atoms with Gasteiger partial charge in [-0.2, -0.15) is 0 Å². The Balaban J connectivity index is 2.14. The summed E-state index contributed by atoms with van der Waals surface area (Å²) in [5, 5.41) is 5.66. The monoisotopic (exact) mass is 216 g/mol. The van der Waals surface area contributed by atoms with Gasteiger partial charge in [-0.1, -0.05) is 0 Å². The largest absolute Gasteiger partial charge is 0.469 e. The van der Waals surface area contributed by atoms with Crippen LogP contribution in [0.1, 0.15) is 6.42 Å². The highest BCUT2D eigenvalue weighted by molar-refractivity contribution is 5.81. The fourth-order valence-electron chi connectivity index (χ4n) is 1.24. The van der Waals surface area contributed by atoms with Gasteiger partial charge in [0.15, 0.2) is 0 Å². The fourth-order valence-corrected chi connectivity index (χ4v) is 1.24. The number of carbonyl (C=O) groups is 2. The summed E-state index contributed by atoms with van der Waals surface area (Å²) in [5.74, 6) is -0.524. The summed E-state index contributed by atoms with van der Waals surface area (Å²) < 4.78 is 9.68. The van der Waals surface area contributed by atoms with Crippen molar-refractivity contribution in [2.45, 2.75) is 12.5 Å². The lowest BCUT2D eigenvalue weighted by molar-refractivity contribution is -0.140. The number of amides is 1. The summed E-state index contributed by atoms with van der Waals surface area (Å²) in [6.45, 7) is 2.11. The number of hydrogen-bond donors (Lipinski definition) is 2. The van der Waals surface area contributed by atoms with E-state index in [2.05, 4.69) is 15.4 Å². The number of nitrogens with one attached hydrogen (secondary N) is 2. The van der Waals surface area contributed by atoms with Crippen LogP contribution in [0.15, 0.2) is 0 Å². The van der Waals surface area contributed by atoms with Crippen molar-refractivity contribution >= 4 is 11.9 Å². The van der Waals surface area contributed by atoms with Crippen molar-refractivity contribution in [3.63, 3.8) is 0 Å². The predicted molar refractivity (Wildman–Crippen MR) is 52.3 cm³/mol. The molecule has 1 heterocycles. The van der Waals surface area contributed by atoms with Crippen molar-refractivity contribution in [2.75, 3.05) is 33.4 Å². The van der Waals surface area contributed by atoms with Gasteiger partial charge in [-0.05, 0) is 0 Å². The zero-order valence-corrected chi connectivity index (χ0v) is 8.75. The van der Waals surface area contributed by atoms with Crippen LogP contribution in [0.4, 0.5) is 0 Å². The van der Waals surface area contributed by atoms with E-state index in [-0.39, 0.29) is 24.8 Å². The van der Waals surface area contributed by atoms with Crippen LogP contribution in [-0.2, 0) is 19.1 Å². The molecule has 6 nitrogen and oxygen atoms in total. The summed E-state index contributed by atoms with van der Waals surface area (Å²) in [4.78, 5) is 22.2. The maximum Gasteiger partial charge on any atom is 0.307 e. The highest BCUT2D eigenvalue weighted by Gasteiger charge is 2.21. The zero-order valence-electron chi connectivity index (χ0n) is 8.75. The van der Waals surface area contributed by atoms with E-state index in [9.17, 15) is 9.59 Å². The van der Waals surface area contributed by atoms with Crippen molar-refractivity contribution in [2.24, 2.45) is 0 Å². The van der Waals surface area contributed by atoms with E-state index in [1.54, 1.807) is 0 Å². The highest BCUT2D eigenvalue weighted by atomic mass is 16.5. The summed E-state index contributed by atoms with van der Waals surface area (Å²) >= 11 is 0. The molecule has 0 spiro atoms. The van der Waals surface area contributed by atoms with E-state index in [1.165, 1.54) is 7.11 Å². The minimum Gasteiger partial charge on any atom is -0.469 e. The van der Waals surface area contributed by atoms with Crippen molar-refractivity contribution in [1.82, 2.24) is 10.6 Å². The van der Waals surface area contributed by atoms with E-state index >= 15 is 0 Å². The number of hydrogen-bond acceptors (Lipinski definition) is 5. The first-order chi connectivity index (χ1) is 7.24. The molecule has 0 aromatic heterocycles. The summed E-state index contributed by atoms with van der Waals surface area (Å²) in [7, 11) is 1.32. The second-order valence-electron chi connectivity index (χ2n) is 3.18. The van der Waals surface area contributed by atoms with Crippen molar-refractivity contribution < 1.29 is 19.1 Å².